The van der Waals surface area contributed by atoms with Gasteiger partial charge in [0.25, 0.3) is 0 Å². The van der Waals surface area contributed by atoms with Gasteiger partial charge in [-0.25, -0.2) is 0 Å². The number of rotatable bonds is 6. The van der Waals surface area contributed by atoms with Gasteiger partial charge < -0.3 is 25.8 Å². The van der Waals surface area contributed by atoms with Crippen molar-refractivity contribution < 1.29 is 14.4 Å². The number of nitrogens with two attached hydrogens (primary N) is 2. The third-order valence-corrected chi connectivity index (χ3v) is 3.15. The van der Waals surface area contributed by atoms with Crippen LogP contribution in [0.4, 0.5) is 11.9 Å². The van der Waals surface area contributed by atoms with E-state index in [1.54, 1.807) is 14.2 Å². The molecule has 8 nitrogen and oxygen atoms in total. The maximum absolute atomic E-state index is 5.58. The van der Waals surface area contributed by atoms with Crippen molar-refractivity contribution in [3.05, 3.63) is 29.6 Å². The number of methoxy groups -OCH3 is 2. The summed E-state index contributed by atoms with van der Waals surface area (Å²) in [6.45, 7) is 1.28. The maximum atomic E-state index is 5.58. The van der Waals surface area contributed by atoms with Crippen LogP contribution in [-0.4, -0.2) is 36.2 Å². The van der Waals surface area contributed by atoms with Gasteiger partial charge >= 0.3 is 0 Å². The monoisotopic (exact) mass is 305 g/mol. The smallest absolute Gasteiger partial charge is 0.225 e. The molecule has 22 heavy (non-hydrogen) atoms. The van der Waals surface area contributed by atoms with Crippen molar-refractivity contribution >= 4 is 11.9 Å². The lowest BCUT2D eigenvalue weighted by Crippen LogP contribution is -3.06. The largest absolute Gasteiger partial charge is 0.493 e. The number of quaternary nitrogens is 1. The fourth-order valence-corrected chi connectivity index (χ4v) is 2.29. The second kappa shape index (κ2) is 6.90. The molecular formula is C14H21N6O2+. The summed E-state index contributed by atoms with van der Waals surface area (Å²) in [5.74, 6) is 2.27. The summed E-state index contributed by atoms with van der Waals surface area (Å²) < 4.78 is 10.7. The van der Waals surface area contributed by atoms with Gasteiger partial charge in [0.15, 0.2) is 17.3 Å². The number of nitrogen functional groups attached to an aromatic ring is 2. The molecule has 0 saturated heterocycles. The van der Waals surface area contributed by atoms with Crippen molar-refractivity contribution in [2.45, 2.75) is 13.1 Å². The first-order valence-corrected chi connectivity index (χ1v) is 6.80. The molecule has 1 aromatic carbocycles. The van der Waals surface area contributed by atoms with E-state index in [1.807, 2.05) is 25.2 Å². The Hall–Kier alpha value is -2.61. The Bertz CT molecular complexity index is 629. The van der Waals surface area contributed by atoms with Crippen LogP contribution in [0, 0.1) is 0 Å². The molecule has 2 rings (SSSR count). The minimum Gasteiger partial charge on any atom is -0.493 e. The molecule has 1 atom stereocenters. The second-order valence-electron chi connectivity index (χ2n) is 4.93. The van der Waals surface area contributed by atoms with Gasteiger partial charge in [0.05, 0.1) is 26.8 Å². The average molecular weight is 305 g/mol. The summed E-state index contributed by atoms with van der Waals surface area (Å²) in [5, 5.41) is 0. The summed E-state index contributed by atoms with van der Waals surface area (Å²) >= 11 is 0. The highest BCUT2D eigenvalue weighted by Gasteiger charge is 2.15. The second-order valence-corrected chi connectivity index (χ2v) is 4.93. The number of anilines is 2. The molecule has 5 N–H and O–H groups in total. The number of hydrogen-bond donors (Lipinski definition) is 3. The Kier molecular flexibility index (Phi) is 4.95. The highest BCUT2D eigenvalue weighted by Crippen LogP contribution is 2.30. The standard InChI is InChI=1S/C14H20N6O2/c1-20(8-11-17-13(15)19-14(16)18-11)7-9-5-4-6-10(21-2)12(9)22-3/h4-6H,7-8H2,1-3H3,(H4,15,16,17,18,19)/p+1. The third kappa shape index (κ3) is 3.73. The molecule has 0 amide bonds. The Morgan fingerprint density at radius 2 is 1.68 bits per heavy atom. The molecule has 0 fully saturated rings. The minimum absolute atomic E-state index is 0.134. The van der Waals surface area contributed by atoms with E-state index in [2.05, 4.69) is 15.0 Å². The van der Waals surface area contributed by atoms with Crippen LogP contribution in [0.15, 0.2) is 18.2 Å². The molecule has 1 heterocycles. The topological polar surface area (TPSA) is 114 Å². The van der Waals surface area contributed by atoms with Crippen LogP contribution in [0.2, 0.25) is 0 Å². The van der Waals surface area contributed by atoms with Gasteiger partial charge in [-0.2, -0.15) is 15.0 Å². The molecule has 0 aliphatic rings. The summed E-state index contributed by atoms with van der Waals surface area (Å²) in [6.07, 6.45) is 0. The molecule has 0 saturated carbocycles. The fourth-order valence-electron chi connectivity index (χ4n) is 2.29. The van der Waals surface area contributed by atoms with Crippen molar-refractivity contribution in [2.75, 3.05) is 32.7 Å². The number of aromatic nitrogens is 3. The predicted octanol–water partition coefficient (Wildman–Crippen LogP) is -0.732. The van der Waals surface area contributed by atoms with E-state index in [0.29, 0.717) is 24.7 Å². The molecule has 1 aromatic heterocycles. The number of nitrogens with zero attached hydrogens (tertiary/aromatic N) is 3. The van der Waals surface area contributed by atoms with Gasteiger partial charge in [0.1, 0.15) is 13.1 Å². The van der Waals surface area contributed by atoms with Gasteiger partial charge in [-0.15, -0.1) is 0 Å². The molecule has 1 unspecified atom stereocenters. The number of hydrogen-bond acceptors (Lipinski definition) is 7. The molecule has 0 radical (unpaired) electrons. The highest BCUT2D eigenvalue weighted by molar-refractivity contribution is 5.46. The Labute approximate surface area is 129 Å². The van der Waals surface area contributed by atoms with Gasteiger partial charge in [-0.05, 0) is 12.1 Å². The summed E-state index contributed by atoms with van der Waals surface area (Å²) in [6, 6.07) is 5.80. The van der Waals surface area contributed by atoms with Crippen molar-refractivity contribution in [2.24, 2.45) is 0 Å². The van der Waals surface area contributed by atoms with Crippen LogP contribution in [-0.2, 0) is 13.1 Å². The Morgan fingerprint density at radius 1 is 1.00 bits per heavy atom. The first kappa shape index (κ1) is 15.8. The van der Waals surface area contributed by atoms with Gasteiger partial charge in [0, 0.05) is 0 Å². The number of nitrogens with one attached hydrogen (secondary N) is 1. The lowest BCUT2D eigenvalue weighted by atomic mass is 10.1. The molecule has 0 aliphatic carbocycles. The number of ether oxygens (including phenoxy) is 2. The first-order valence-electron chi connectivity index (χ1n) is 6.80. The zero-order valence-electron chi connectivity index (χ0n) is 13.0. The van der Waals surface area contributed by atoms with E-state index in [0.717, 1.165) is 16.2 Å². The Balaban J connectivity index is 2.13. The van der Waals surface area contributed by atoms with Gasteiger partial charge in [-0.3, -0.25) is 0 Å². The Morgan fingerprint density at radius 3 is 2.27 bits per heavy atom. The van der Waals surface area contributed by atoms with Crippen LogP contribution in [0.1, 0.15) is 11.4 Å². The van der Waals surface area contributed by atoms with Crippen LogP contribution in [0.25, 0.3) is 0 Å². The normalized spacial score (nSPS) is 12.0. The molecule has 0 aliphatic heterocycles. The number of para-hydroxylation sites is 1. The van der Waals surface area contributed by atoms with Crippen LogP contribution in [0.5, 0.6) is 11.5 Å². The van der Waals surface area contributed by atoms with Crippen molar-refractivity contribution in [3.63, 3.8) is 0 Å². The van der Waals surface area contributed by atoms with Gasteiger partial charge in [0.2, 0.25) is 11.9 Å². The summed E-state index contributed by atoms with van der Waals surface area (Å²) in [4.78, 5) is 13.1. The molecule has 0 bridgehead atoms. The van der Waals surface area contributed by atoms with Crippen molar-refractivity contribution in [1.29, 1.82) is 0 Å². The van der Waals surface area contributed by atoms with E-state index in [1.165, 1.54) is 0 Å². The maximum Gasteiger partial charge on any atom is 0.225 e. The van der Waals surface area contributed by atoms with Crippen LogP contribution in [0.3, 0.4) is 0 Å². The van der Waals surface area contributed by atoms with E-state index in [9.17, 15) is 0 Å². The molecule has 0 spiro atoms. The molecule has 2 aromatic rings. The number of benzene rings is 1. The van der Waals surface area contributed by atoms with E-state index >= 15 is 0 Å². The SMILES string of the molecule is COc1cccc(C[NH+](C)Cc2nc(N)nc(N)n2)c1OC. The van der Waals surface area contributed by atoms with Crippen LogP contribution >= 0.6 is 0 Å². The van der Waals surface area contributed by atoms with E-state index in [-0.39, 0.29) is 11.9 Å². The van der Waals surface area contributed by atoms with E-state index in [4.69, 9.17) is 20.9 Å². The van der Waals surface area contributed by atoms with Crippen LogP contribution < -0.4 is 25.8 Å². The minimum atomic E-state index is 0.134. The zero-order valence-corrected chi connectivity index (χ0v) is 13.0. The average Bonchev–Trinajstić information content (AvgIpc) is 2.45. The molecular weight excluding hydrogens is 284 g/mol. The third-order valence-electron chi connectivity index (χ3n) is 3.15. The highest BCUT2D eigenvalue weighted by atomic mass is 16.5. The summed E-state index contributed by atoms with van der Waals surface area (Å²) in [5.41, 5.74) is 12.2. The fraction of sp³-hybridized carbons (Fsp3) is 0.357. The lowest BCUT2D eigenvalue weighted by molar-refractivity contribution is -0.908. The quantitative estimate of drug-likeness (QED) is 0.644. The van der Waals surface area contributed by atoms with E-state index < -0.39 is 0 Å². The zero-order chi connectivity index (χ0) is 16.1. The molecule has 8 heteroatoms. The molecule has 118 valence electrons. The lowest BCUT2D eigenvalue weighted by Gasteiger charge is -2.17. The predicted molar refractivity (Wildman–Crippen MR) is 82.5 cm³/mol. The summed E-state index contributed by atoms with van der Waals surface area (Å²) in [7, 11) is 5.27. The van der Waals surface area contributed by atoms with Gasteiger partial charge in [-0.1, -0.05) is 6.07 Å². The first-order chi connectivity index (χ1) is 10.5. The van der Waals surface area contributed by atoms with Crippen molar-refractivity contribution in [3.8, 4) is 11.5 Å². The van der Waals surface area contributed by atoms with Crippen molar-refractivity contribution in [1.82, 2.24) is 15.0 Å².